The first-order valence-electron chi connectivity index (χ1n) is 8.62. The van der Waals surface area contributed by atoms with E-state index in [9.17, 15) is 0 Å². The van der Waals surface area contributed by atoms with Crippen LogP contribution in [0.2, 0.25) is 0 Å². The zero-order valence-corrected chi connectivity index (χ0v) is 15.0. The van der Waals surface area contributed by atoms with Gasteiger partial charge in [-0.15, -0.1) is 5.10 Å². The van der Waals surface area contributed by atoms with Crippen LogP contribution in [0.15, 0.2) is 16.8 Å². The Morgan fingerprint density at radius 2 is 2.29 bits per heavy atom. The van der Waals surface area contributed by atoms with E-state index in [-0.39, 0.29) is 17.6 Å². The fraction of sp³-hybridized carbons (Fsp3) is 0.706. The first-order valence-corrected chi connectivity index (χ1v) is 8.62. The molecule has 1 N–H and O–H groups in total. The molecule has 0 bridgehead atoms. The van der Waals surface area contributed by atoms with E-state index in [4.69, 9.17) is 9.15 Å². The van der Waals surface area contributed by atoms with Crippen molar-refractivity contribution in [1.82, 2.24) is 25.3 Å². The van der Waals surface area contributed by atoms with Gasteiger partial charge < -0.3 is 14.5 Å². The zero-order chi connectivity index (χ0) is 17.2. The van der Waals surface area contributed by atoms with Crippen LogP contribution >= 0.6 is 0 Å². The Morgan fingerprint density at radius 3 is 2.96 bits per heavy atom. The van der Waals surface area contributed by atoms with E-state index >= 15 is 0 Å². The minimum absolute atomic E-state index is 0.0552. The van der Waals surface area contributed by atoms with Gasteiger partial charge in [0.25, 0.3) is 0 Å². The van der Waals surface area contributed by atoms with Crippen LogP contribution in [0.3, 0.4) is 0 Å². The van der Waals surface area contributed by atoms with Gasteiger partial charge in [-0.25, -0.2) is 9.67 Å². The summed E-state index contributed by atoms with van der Waals surface area (Å²) >= 11 is 0. The fourth-order valence-corrected chi connectivity index (χ4v) is 2.67. The molecule has 0 aliphatic carbocycles. The van der Waals surface area contributed by atoms with Gasteiger partial charge in [-0.2, -0.15) is 0 Å². The van der Waals surface area contributed by atoms with E-state index in [1.54, 1.807) is 10.9 Å². The molecule has 1 aliphatic heterocycles. The Labute approximate surface area is 142 Å². The maximum Gasteiger partial charge on any atom is 0.219 e. The largest absolute Gasteiger partial charge is 0.443 e. The average molecular weight is 333 g/mol. The lowest BCUT2D eigenvalue weighted by atomic mass is 9.94. The molecule has 0 amide bonds. The van der Waals surface area contributed by atoms with Gasteiger partial charge in [0.1, 0.15) is 17.5 Å². The van der Waals surface area contributed by atoms with E-state index in [0.717, 1.165) is 37.4 Å². The van der Waals surface area contributed by atoms with Crippen molar-refractivity contribution in [3.05, 3.63) is 29.7 Å². The highest BCUT2D eigenvalue weighted by atomic mass is 16.5. The lowest BCUT2D eigenvalue weighted by Crippen LogP contribution is -2.35. The lowest BCUT2D eigenvalue weighted by Gasteiger charge is -2.22. The number of nitrogens with one attached hydrogen (secondary N) is 1. The second-order valence-corrected chi connectivity index (χ2v) is 7.46. The number of aromatic nitrogens is 4. The molecular weight excluding hydrogens is 306 g/mol. The Morgan fingerprint density at radius 1 is 1.46 bits per heavy atom. The van der Waals surface area contributed by atoms with Crippen LogP contribution in [0.5, 0.6) is 0 Å². The molecule has 1 aliphatic rings. The van der Waals surface area contributed by atoms with Gasteiger partial charge in [-0.05, 0) is 26.3 Å². The Balaban J connectivity index is 1.60. The lowest BCUT2D eigenvalue weighted by molar-refractivity contribution is 0.0236. The van der Waals surface area contributed by atoms with Crippen LogP contribution < -0.4 is 5.32 Å². The van der Waals surface area contributed by atoms with Gasteiger partial charge in [0.05, 0.1) is 25.1 Å². The van der Waals surface area contributed by atoms with Crippen LogP contribution in [0.1, 0.15) is 63.9 Å². The normalized spacial score (nSPS) is 20.2. The molecule has 1 saturated heterocycles. The Kier molecular flexibility index (Phi) is 5.01. The maximum absolute atomic E-state index is 5.90. The van der Waals surface area contributed by atoms with E-state index in [0.29, 0.717) is 12.5 Å². The summed E-state index contributed by atoms with van der Waals surface area (Å²) in [5.41, 5.74) is 0.774. The fourth-order valence-electron chi connectivity index (χ4n) is 2.67. The van der Waals surface area contributed by atoms with Crippen molar-refractivity contribution in [2.24, 2.45) is 0 Å². The van der Waals surface area contributed by atoms with Crippen LogP contribution in [0.4, 0.5) is 0 Å². The molecule has 2 aromatic rings. The van der Waals surface area contributed by atoms with Gasteiger partial charge in [0.2, 0.25) is 5.89 Å². The molecule has 24 heavy (non-hydrogen) atoms. The van der Waals surface area contributed by atoms with Gasteiger partial charge in [-0.1, -0.05) is 26.0 Å². The summed E-state index contributed by atoms with van der Waals surface area (Å²) in [5.74, 6) is 1.52. The molecule has 2 atom stereocenters. The van der Waals surface area contributed by atoms with Gasteiger partial charge in [0.15, 0.2) is 0 Å². The molecule has 7 heteroatoms. The Bertz CT molecular complexity index is 652. The number of hydrogen-bond acceptors (Lipinski definition) is 6. The molecule has 2 aromatic heterocycles. The van der Waals surface area contributed by atoms with Crippen molar-refractivity contribution in [1.29, 1.82) is 0 Å². The van der Waals surface area contributed by atoms with Gasteiger partial charge in [0, 0.05) is 12.0 Å². The molecule has 0 radical (unpaired) electrons. The smallest absolute Gasteiger partial charge is 0.219 e. The highest BCUT2D eigenvalue weighted by Gasteiger charge is 2.23. The molecule has 0 spiro atoms. The zero-order valence-electron chi connectivity index (χ0n) is 15.0. The van der Waals surface area contributed by atoms with Crippen molar-refractivity contribution < 1.29 is 9.15 Å². The highest BCUT2D eigenvalue weighted by Crippen LogP contribution is 2.26. The van der Waals surface area contributed by atoms with E-state index in [2.05, 4.69) is 41.4 Å². The second-order valence-electron chi connectivity index (χ2n) is 7.46. The van der Waals surface area contributed by atoms with E-state index in [1.165, 1.54) is 0 Å². The number of oxazole rings is 1. The third-order valence-electron chi connectivity index (χ3n) is 4.29. The highest BCUT2D eigenvalue weighted by molar-refractivity contribution is 5.08. The standard InChI is InChI=1S/C17H27N5O2/c1-12(16-19-9-15(24-16)17(2,3)4)22-10-13(20-21-22)11-23-14-6-5-7-18-8-14/h9-10,12,14,18H,5-8,11H2,1-4H3. The summed E-state index contributed by atoms with van der Waals surface area (Å²) in [4.78, 5) is 4.39. The molecule has 0 saturated carbocycles. The third-order valence-corrected chi connectivity index (χ3v) is 4.29. The third kappa shape index (κ3) is 4.02. The molecule has 2 unspecified atom stereocenters. The van der Waals surface area contributed by atoms with Crippen molar-refractivity contribution in [2.75, 3.05) is 13.1 Å². The monoisotopic (exact) mass is 333 g/mol. The summed E-state index contributed by atoms with van der Waals surface area (Å²) in [7, 11) is 0. The molecule has 7 nitrogen and oxygen atoms in total. The van der Waals surface area contributed by atoms with E-state index < -0.39 is 0 Å². The first-order chi connectivity index (χ1) is 11.4. The summed E-state index contributed by atoms with van der Waals surface area (Å²) in [6.07, 6.45) is 6.23. The predicted molar refractivity (Wildman–Crippen MR) is 89.7 cm³/mol. The summed E-state index contributed by atoms with van der Waals surface area (Å²) in [5, 5.41) is 11.7. The second kappa shape index (κ2) is 7.03. The van der Waals surface area contributed by atoms with Gasteiger partial charge >= 0.3 is 0 Å². The predicted octanol–water partition coefficient (Wildman–Crippen LogP) is 2.44. The number of piperidine rings is 1. The number of rotatable bonds is 5. The van der Waals surface area contributed by atoms with Crippen LogP contribution in [0.25, 0.3) is 0 Å². The van der Waals surface area contributed by atoms with Crippen LogP contribution in [-0.4, -0.2) is 39.2 Å². The average Bonchev–Trinajstić information content (AvgIpc) is 3.22. The Hall–Kier alpha value is -1.73. The quantitative estimate of drug-likeness (QED) is 0.905. The van der Waals surface area contributed by atoms with Crippen molar-refractivity contribution in [2.45, 2.75) is 64.7 Å². The maximum atomic E-state index is 5.90. The van der Waals surface area contributed by atoms with Gasteiger partial charge in [-0.3, -0.25) is 0 Å². The topological polar surface area (TPSA) is 78.0 Å². The molecule has 0 aromatic carbocycles. The summed E-state index contributed by atoms with van der Waals surface area (Å²) < 4.78 is 13.6. The van der Waals surface area contributed by atoms with Crippen molar-refractivity contribution in [3.63, 3.8) is 0 Å². The number of nitrogens with zero attached hydrogens (tertiary/aromatic N) is 4. The molecule has 3 rings (SSSR count). The van der Waals surface area contributed by atoms with Crippen molar-refractivity contribution in [3.8, 4) is 0 Å². The van der Waals surface area contributed by atoms with Crippen LogP contribution in [-0.2, 0) is 16.8 Å². The number of hydrogen-bond donors (Lipinski definition) is 1. The summed E-state index contributed by atoms with van der Waals surface area (Å²) in [6.45, 7) is 10.8. The summed E-state index contributed by atoms with van der Waals surface area (Å²) in [6, 6.07) is -0.0984. The molecule has 1 fully saturated rings. The SMILES string of the molecule is CC(c1ncc(C(C)(C)C)o1)n1cc(COC2CCCNC2)nn1. The molecule has 132 valence electrons. The molecular formula is C17H27N5O2. The first kappa shape index (κ1) is 17.1. The van der Waals surface area contributed by atoms with Crippen LogP contribution in [0, 0.1) is 0 Å². The minimum Gasteiger partial charge on any atom is -0.443 e. The van der Waals surface area contributed by atoms with E-state index in [1.807, 2.05) is 13.1 Å². The number of ether oxygens (including phenoxy) is 1. The van der Waals surface area contributed by atoms with Crippen molar-refractivity contribution >= 4 is 0 Å². The minimum atomic E-state index is -0.0984. The molecule has 3 heterocycles.